The molecule has 6 nitrogen and oxygen atoms in total. The number of benzene rings is 2. The van der Waals surface area contributed by atoms with E-state index in [1.54, 1.807) is 6.08 Å². The zero-order valence-corrected chi connectivity index (χ0v) is 16.3. The van der Waals surface area contributed by atoms with Crippen molar-refractivity contribution >= 4 is 29.5 Å². The molecule has 6 heteroatoms. The Morgan fingerprint density at radius 3 is 2.25 bits per heavy atom. The Kier molecular flexibility index (Phi) is 5.59. The van der Waals surface area contributed by atoms with Crippen molar-refractivity contribution < 1.29 is 14.4 Å². The first kappa shape index (κ1) is 19.4. The second-order valence-electron chi connectivity index (χ2n) is 6.89. The molecule has 0 unspecified atom stereocenters. The number of piperazine rings is 1. The molecule has 28 heavy (non-hydrogen) atoms. The third-order valence-electron chi connectivity index (χ3n) is 4.63. The molecule has 1 fully saturated rings. The normalized spacial score (nSPS) is 15.9. The van der Waals surface area contributed by atoms with Gasteiger partial charge in [-0.15, -0.1) is 0 Å². The molecule has 144 valence electrons. The molecule has 0 aromatic heterocycles. The van der Waals surface area contributed by atoms with Crippen LogP contribution in [0.4, 0.5) is 5.69 Å². The minimum absolute atomic E-state index is 0.202. The lowest BCUT2D eigenvalue weighted by atomic mass is 10.1. The molecule has 0 saturated carbocycles. The summed E-state index contributed by atoms with van der Waals surface area (Å²) < 4.78 is 0. The van der Waals surface area contributed by atoms with E-state index >= 15 is 0 Å². The van der Waals surface area contributed by atoms with Crippen LogP contribution in [-0.2, 0) is 20.9 Å². The van der Waals surface area contributed by atoms with E-state index in [4.69, 9.17) is 0 Å². The average molecular weight is 377 g/mol. The topological polar surface area (TPSA) is 60.9 Å². The molecule has 3 rings (SSSR count). The number of hydrogen-bond donors (Lipinski definition) is 0. The molecule has 1 saturated heterocycles. The first-order valence-electron chi connectivity index (χ1n) is 9.02. The van der Waals surface area contributed by atoms with Crippen molar-refractivity contribution in [1.82, 2.24) is 9.80 Å². The molecule has 0 aliphatic carbocycles. The van der Waals surface area contributed by atoms with E-state index in [0.29, 0.717) is 0 Å². The predicted octanol–water partition coefficient (Wildman–Crippen LogP) is 2.51. The van der Waals surface area contributed by atoms with Crippen molar-refractivity contribution in [3.8, 4) is 0 Å². The Labute approximate surface area is 164 Å². The molecule has 1 heterocycles. The van der Waals surface area contributed by atoms with Gasteiger partial charge in [-0.3, -0.25) is 19.3 Å². The molecule has 0 spiro atoms. The number of hydrogen-bond acceptors (Lipinski definition) is 4. The van der Waals surface area contributed by atoms with Gasteiger partial charge in [0, 0.05) is 26.7 Å². The molecular weight excluding hydrogens is 354 g/mol. The van der Waals surface area contributed by atoms with Crippen molar-refractivity contribution in [2.45, 2.75) is 13.5 Å². The summed E-state index contributed by atoms with van der Waals surface area (Å²) in [7, 11) is 3.90. The van der Waals surface area contributed by atoms with Gasteiger partial charge in [0.15, 0.2) is 0 Å². The zero-order chi connectivity index (χ0) is 20.3. The quantitative estimate of drug-likeness (QED) is 0.768. The van der Waals surface area contributed by atoms with Crippen molar-refractivity contribution in [2.75, 3.05) is 25.5 Å². The zero-order valence-electron chi connectivity index (χ0n) is 16.3. The molecule has 0 atom stereocenters. The van der Waals surface area contributed by atoms with Crippen LogP contribution in [-0.4, -0.2) is 48.2 Å². The first-order chi connectivity index (χ1) is 13.4. The minimum atomic E-state index is -0.459. The maximum absolute atomic E-state index is 12.9. The minimum Gasteiger partial charge on any atom is -0.378 e. The van der Waals surface area contributed by atoms with Crippen LogP contribution in [0.1, 0.15) is 18.1 Å². The summed E-state index contributed by atoms with van der Waals surface area (Å²) in [6.45, 7) is 1.33. The van der Waals surface area contributed by atoms with E-state index < -0.39 is 11.8 Å². The summed E-state index contributed by atoms with van der Waals surface area (Å²) in [5.41, 5.74) is 2.92. The van der Waals surface area contributed by atoms with Crippen molar-refractivity contribution in [1.29, 1.82) is 0 Å². The smallest absolute Gasteiger partial charge is 0.277 e. The van der Waals surface area contributed by atoms with Gasteiger partial charge in [0.05, 0.1) is 6.54 Å². The van der Waals surface area contributed by atoms with Gasteiger partial charge in [-0.1, -0.05) is 42.5 Å². The van der Waals surface area contributed by atoms with E-state index in [1.165, 1.54) is 11.8 Å². The largest absolute Gasteiger partial charge is 0.378 e. The highest BCUT2D eigenvalue weighted by Crippen LogP contribution is 2.23. The summed E-state index contributed by atoms with van der Waals surface area (Å²) in [6, 6.07) is 17.1. The van der Waals surface area contributed by atoms with Crippen LogP contribution in [0, 0.1) is 0 Å². The summed E-state index contributed by atoms with van der Waals surface area (Å²) >= 11 is 0. The van der Waals surface area contributed by atoms with Gasteiger partial charge >= 0.3 is 0 Å². The van der Waals surface area contributed by atoms with Crippen LogP contribution < -0.4 is 4.90 Å². The highest BCUT2D eigenvalue weighted by molar-refractivity contribution is 6.12. The van der Waals surface area contributed by atoms with E-state index in [1.807, 2.05) is 73.6 Å². The van der Waals surface area contributed by atoms with E-state index in [0.717, 1.165) is 21.7 Å². The van der Waals surface area contributed by atoms with E-state index in [-0.39, 0.29) is 24.7 Å². The third-order valence-corrected chi connectivity index (χ3v) is 4.63. The van der Waals surface area contributed by atoms with Crippen LogP contribution in [0.5, 0.6) is 0 Å². The lowest BCUT2D eigenvalue weighted by Gasteiger charge is -2.34. The molecule has 0 N–H and O–H groups in total. The Morgan fingerprint density at radius 1 is 1.04 bits per heavy atom. The van der Waals surface area contributed by atoms with Crippen LogP contribution in [0.25, 0.3) is 6.08 Å². The second-order valence-corrected chi connectivity index (χ2v) is 6.89. The van der Waals surface area contributed by atoms with Gasteiger partial charge < -0.3 is 9.80 Å². The highest BCUT2D eigenvalue weighted by Gasteiger charge is 2.36. The fourth-order valence-corrected chi connectivity index (χ4v) is 3.04. The first-order valence-corrected chi connectivity index (χ1v) is 9.02. The van der Waals surface area contributed by atoms with Gasteiger partial charge in [0.2, 0.25) is 11.8 Å². The fraction of sp³-hybridized carbons (Fsp3) is 0.227. The number of rotatable bonds is 4. The summed E-state index contributed by atoms with van der Waals surface area (Å²) in [5, 5.41) is 0. The molecule has 1 aliphatic rings. The highest BCUT2D eigenvalue weighted by atomic mass is 16.2. The SMILES string of the molecule is CC(=O)N1CC(=O)N(Cc2ccccc2)C(=Cc2ccc(N(C)C)cc2)C1=O. The second kappa shape index (κ2) is 8.08. The Hall–Kier alpha value is -3.41. The molecular formula is C22H23N3O3. The van der Waals surface area contributed by atoms with Gasteiger partial charge in [-0.05, 0) is 29.3 Å². The number of imide groups is 1. The summed E-state index contributed by atoms with van der Waals surface area (Å²) in [6.07, 6.45) is 1.66. The Balaban J connectivity index is 1.99. The van der Waals surface area contributed by atoms with Crippen molar-refractivity contribution in [3.63, 3.8) is 0 Å². The number of carbonyl (C=O) groups excluding carboxylic acids is 3. The lowest BCUT2D eigenvalue weighted by Crippen LogP contribution is -2.53. The molecule has 3 amide bonds. The summed E-state index contributed by atoms with van der Waals surface area (Å²) in [5.74, 6) is -1.18. The monoisotopic (exact) mass is 377 g/mol. The molecule has 2 aromatic carbocycles. The van der Waals surface area contributed by atoms with Gasteiger partial charge in [-0.25, -0.2) is 0 Å². The lowest BCUT2D eigenvalue weighted by molar-refractivity contribution is -0.153. The number of amides is 3. The van der Waals surface area contributed by atoms with Crippen molar-refractivity contribution in [3.05, 3.63) is 71.4 Å². The van der Waals surface area contributed by atoms with E-state index in [2.05, 4.69) is 0 Å². The number of carbonyl (C=O) groups is 3. The maximum Gasteiger partial charge on any atom is 0.277 e. The fourth-order valence-electron chi connectivity index (χ4n) is 3.04. The maximum atomic E-state index is 12.9. The van der Waals surface area contributed by atoms with Crippen LogP contribution in [0.3, 0.4) is 0 Å². The molecule has 2 aromatic rings. The van der Waals surface area contributed by atoms with Crippen LogP contribution in [0.2, 0.25) is 0 Å². The third kappa shape index (κ3) is 4.11. The number of anilines is 1. The van der Waals surface area contributed by atoms with Crippen molar-refractivity contribution in [2.24, 2.45) is 0 Å². The average Bonchev–Trinajstić information content (AvgIpc) is 2.68. The number of nitrogens with zero attached hydrogens (tertiary/aromatic N) is 3. The molecule has 1 aliphatic heterocycles. The molecule has 0 radical (unpaired) electrons. The van der Waals surface area contributed by atoms with Gasteiger partial charge in [0.25, 0.3) is 5.91 Å². The molecule has 0 bridgehead atoms. The predicted molar refractivity (Wildman–Crippen MR) is 108 cm³/mol. The van der Waals surface area contributed by atoms with Gasteiger partial charge in [-0.2, -0.15) is 0 Å². The van der Waals surface area contributed by atoms with Gasteiger partial charge in [0.1, 0.15) is 12.2 Å². The standard InChI is InChI=1S/C22H23N3O3/c1-16(26)24-15-21(27)25(14-18-7-5-4-6-8-18)20(22(24)28)13-17-9-11-19(12-10-17)23(2)3/h4-13H,14-15H2,1-3H3. The summed E-state index contributed by atoms with van der Waals surface area (Å²) in [4.78, 5) is 41.9. The Bertz CT molecular complexity index is 918. The Morgan fingerprint density at radius 2 is 1.68 bits per heavy atom. The van der Waals surface area contributed by atoms with Crippen LogP contribution in [0.15, 0.2) is 60.3 Å². The van der Waals surface area contributed by atoms with Crippen LogP contribution >= 0.6 is 0 Å². The van der Waals surface area contributed by atoms with E-state index in [9.17, 15) is 14.4 Å².